The fourth-order valence-corrected chi connectivity index (χ4v) is 1.77. The standard InChI is InChI=1S/C17H12FNO3/c18-15-7-5-12(6-8-15)11-22-16-4-2-1-3-13(16)9-14(10-19)17(20)21/h1-9H,11H2,(H,20,21). The number of ether oxygens (including phenoxy) is 1. The summed E-state index contributed by atoms with van der Waals surface area (Å²) in [6.45, 7) is 0.208. The molecule has 0 saturated heterocycles. The number of hydrogen-bond donors (Lipinski definition) is 1. The molecule has 2 aromatic rings. The summed E-state index contributed by atoms with van der Waals surface area (Å²) >= 11 is 0. The van der Waals surface area contributed by atoms with Gasteiger partial charge in [-0.15, -0.1) is 0 Å². The van der Waals surface area contributed by atoms with Gasteiger partial charge in [-0.2, -0.15) is 5.26 Å². The SMILES string of the molecule is N#CC(=Cc1ccccc1OCc1ccc(F)cc1)C(=O)O. The first kappa shape index (κ1) is 15.3. The number of rotatable bonds is 5. The minimum absolute atomic E-state index is 0.208. The maximum absolute atomic E-state index is 12.8. The van der Waals surface area contributed by atoms with Crippen molar-refractivity contribution in [2.75, 3.05) is 0 Å². The Labute approximate surface area is 126 Å². The summed E-state index contributed by atoms with van der Waals surface area (Å²) < 4.78 is 18.5. The molecule has 0 aromatic heterocycles. The first-order valence-corrected chi connectivity index (χ1v) is 6.41. The summed E-state index contributed by atoms with van der Waals surface area (Å²) in [4.78, 5) is 10.9. The van der Waals surface area contributed by atoms with Crippen LogP contribution < -0.4 is 4.74 Å². The average Bonchev–Trinajstić information content (AvgIpc) is 2.52. The number of carbonyl (C=O) groups is 1. The molecule has 2 aromatic carbocycles. The number of nitriles is 1. The first-order chi connectivity index (χ1) is 10.6. The molecule has 0 heterocycles. The van der Waals surface area contributed by atoms with Gasteiger partial charge in [-0.05, 0) is 29.8 Å². The van der Waals surface area contributed by atoms with Crippen LogP contribution in [-0.2, 0) is 11.4 Å². The lowest BCUT2D eigenvalue weighted by Crippen LogP contribution is -2.00. The van der Waals surface area contributed by atoms with Crippen LogP contribution in [0.25, 0.3) is 6.08 Å². The maximum atomic E-state index is 12.8. The molecule has 0 aliphatic carbocycles. The van der Waals surface area contributed by atoms with E-state index >= 15 is 0 Å². The monoisotopic (exact) mass is 297 g/mol. The highest BCUT2D eigenvalue weighted by Gasteiger charge is 2.08. The van der Waals surface area contributed by atoms with Crippen LogP contribution in [-0.4, -0.2) is 11.1 Å². The Morgan fingerprint density at radius 3 is 2.55 bits per heavy atom. The predicted molar refractivity (Wildman–Crippen MR) is 78.4 cm³/mol. The van der Waals surface area contributed by atoms with Gasteiger partial charge in [0, 0.05) is 5.56 Å². The molecule has 0 fully saturated rings. The van der Waals surface area contributed by atoms with E-state index in [1.807, 2.05) is 0 Å². The molecule has 5 heteroatoms. The molecule has 4 nitrogen and oxygen atoms in total. The zero-order valence-electron chi connectivity index (χ0n) is 11.5. The van der Waals surface area contributed by atoms with E-state index in [0.717, 1.165) is 5.56 Å². The fraction of sp³-hybridized carbons (Fsp3) is 0.0588. The fourth-order valence-electron chi connectivity index (χ4n) is 1.77. The van der Waals surface area contributed by atoms with E-state index in [-0.39, 0.29) is 18.0 Å². The molecule has 0 spiro atoms. The van der Waals surface area contributed by atoms with Crippen molar-refractivity contribution in [1.29, 1.82) is 5.26 Å². The Balaban J connectivity index is 2.20. The molecule has 2 rings (SSSR count). The highest BCUT2D eigenvalue weighted by molar-refractivity contribution is 5.96. The van der Waals surface area contributed by atoms with Crippen molar-refractivity contribution in [3.05, 3.63) is 71.0 Å². The van der Waals surface area contributed by atoms with Gasteiger partial charge < -0.3 is 9.84 Å². The second-order valence-corrected chi connectivity index (χ2v) is 4.43. The van der Waals surface area contributed by atoms with Crippen molar-refractivity contribution in [2.45, 2.75) is 6.61 Å². The van der Waals surface area contributed by atoms with Crippen LogP contribution in [0.15, 0.2) is 54.1 Å². The normalized spacial score (nSPS) is 10.8. The molecule has 0 bridgehead atoms. The molecule has 0 radical (unpaired) electrons. The summed E-state index contributed by atoms with van der Waals surface area (Å²) in [6.07, 6.45) is 1.25. The Hall–Kier alpha value is -3.13. The van der Waals surface area contributed by atoms with Crippen LogP contribution in [0.2, 0.25) is 0 Å². The van der Waals surface area contributed by atoms with Crippen LogP contribution in [0.5, 0.6) is 5.75 Å². The number of hydrogen-bond acceptors (Lipinski definition) is 3. The number of halogens is 1. The van der Waals surface area contributed by atoms with Gasteiger partial charge in [0.15, 0.2) is 0 Å². The minimum atomic E-state index is -1.30. The predicted octanol–water partition coefficient (Wildman–Crippen LogP) is 3.40. The van der Waals surface area contributed by atoms with E-state index in [9.17, 15) is 9.18 Å². The number of para-hydroxylation sites is 1. The second kappa shape index (κ2) is 7.04. The Morgan fingerprint density at radius 2 is 1.91 bits per heavy atom. The van der Waals surface area contributed by atoms with Crippen LogP contribution in [0.1, 0.15) is 11.1 Å². The third-order valence-electron chi connectivity index (χ3n) is 2.88. The molecule has 0 saturated carbocycles. The average molecular weight is 297 g/mol. The summed E-state index contributed by atoms with van der Waals surface area (Å²) in [6, 6.07) is 14.3. The van der Waals surface area contributed by atoms with Gasteiger partial charge in [0.1, 0.15) is 29.8 Å². The molecule has 110 valence electrons. The molecular weight excluding hydrogens is 285 g/mol. The number of carboxylic acids is 1. The van der Waals surface area contributed by atoms with E-state index < -0.39 is 5.97 Å². The van der Waals surface area contributed by atoms with Crippen LogP contribution in [0.3, 0.4) is 0 Å². The lowest BCUT2D eigenvalue weighted by atomic mass is 10.1. The highest BCUT2D eigenvalue weighted by Crippen LogP contribution is 2.22. The number of aliphatic carboxylic acids is 1. The summed E-state index contributed by atoms with van der Waals surface area (Å²) in [5, 5.41) is 17.7. The molecule has 0 aliphatic rings. The number of carboxylic acid groups (broad SMARTS) is 1. The summed E-state index contributed by atoms with van der Waals surface area (Å²) in [5.74, 6) is -1.18. The van der Waals surface area contributed by atoms with E-state index in [1.165, 1.54) is 18.2 Å². The van der Waals surface area contributed by atoms with Crippen LogP contribution in [0.4, 0.5) is 4.39 Å². The van der Waals surface area contributed by atoms with E-state index in [1.54, 1.807) is 42.5 Å². The molecule has 22 heavy (non-hydrogen) atoms. The molecule has 0 unspecified atom stereocenters. The van der Waals surface area contributed by atoms with Gasteiger partial charge in [0.05, 0.1) is 0 Å². The third-order valence-corrected chi connectivity index (χ3v) is 2.88. The van der Waals surface area contributed by atoms with Crippen molar-refractivity contribution < 1.29 is 19.0 Å². The lowest BCUT2D eigenvalue weighted by Gasteiger charge is -2.09. The molecule has 1 N–H and O–H groups in total. The Kier molecular flexibility index (Phi) is 4.89. The maximum Gasteiger partial charge on any atom is 0.346 e. The second-order valence-electron chi connectivity index (χ2n) is 4.43. The Bertz CT molecular complexity index is 745. The minimum Gasteiger partial charge on any atom is -0.488 e. The smallest absolute Gasteiger partial charge is 0.346 e. The van der Waals surface area contributed by atoms with Crippen molar-refractivity contribution in [1.82, 2.24) is 0 Å². The zero-order chi connectivity index (χ0) is 15.9. The molecule has 0 amide bonds. The zero-order valence-corrected chi connectivity index (χ0v) is 11.5. The topological polar surface area (TPSA) is 70.3 Å². The van der Waals surface area contributed by atoms with Gasteiger partial charge in [-0.25, -0.2) is 9.18 Å². The van der Waals surface area contributed by atoms with Crippen molar-refractivity contribution in [2.24, 2.45) is 0 Å². The largest absolute Gasteiger partial charge is 0.488 e. The first-order valence-electron chi connectivity index (χ1n) is 6.41. The number of benzene rings is 2. The molecule has 0 atom stereocenters. The van der Waals surface area contributed by atoms with Crippen molar-refractivity contribution in [3.8, 4) is 11.8 Å². The lowest BCUT2D eigenvalue weighted by molar-refractivity contribution is -0.132. The van der Waals surface area contributed by atoms with E-state index in [4.69, 9.17) is 15.1 Å². The Morgan fingerprint density at radius 1 is 1.23 bits per heavy atom. The van der Waals surface area contributed by atoms with Gasteiger partial charge in [-0.3, -0.25) is 0 Å². The quantitative estimate of drug-likeness (QED) is 0.678. The van der Waals surface area contributed by atoms with Crippen LogP contribution in [0, 0.1) is 17.1 Å². The van der Waals surface area contributed by atoms with Gasteiger partial charge in [0.2, 0.25) is 0 Å². The van der Waals surface area contributed by atoms with E-state index in [2.05, 4.69) is 0 Å². The molecular formula is C17H12FNO3. The van der Waals surface area contributed by atoms with Crippen molar-refractivity contribution >= 4 is 12.0 Å². The van der Waals surface area contributed by atoms with Gasteiger partial charge >= 0.3 is 5.97 Å². The van der Waals surface area contributed by atoms with Crippen molar-refractivity contribution in [3.63, 3.8) is 0 Å². The van der Waals surface area contributed by atoms with Gasteiger partial charge in [-0.1, -0.05) is 30.3 Å². The number of nitrogens with zero attached hydrogens (tertiary/aromatic N) is 1. The van der Waals surface area contributed by atoms with E-state index in [0.29, 0.717) is 11.3 Å². The van der Waals surface area contributed by atoms with Crippen LogP contribution >= 0.6 is 0 Å². The molecule has 0 aliphatic heterocycles. The summed E-state index contributed by atoms with van der Waals surface area (Å²) in [5.41, 5.74) is 0.889. The third kappa shape index (κ3) is 3.93. The van der Waals surface area contributed by atoms with Gasteiger partial charge in [0.25, 0.3) is 0 Å². The highest BCUT2D eigenvalue weighted by atomic mass is 19.1. The summed E-state index contributed by atoms with van der Waals surface area (Å²) in [7, 11) is 0.